The molecule has 2 N–H and O–H groups in total. The molecule has 0 heterocycles. The minimum absolute atomic E-state index is 0.0695. The molecule has 0 spiro atoms. The van der Waals surface area contributed by atoms with Crippen LogP contribution in [0.4, 0.5) is 5.69 Å². The van der Waals surface area contributed by atoms with E-state index in [0.29, 0.717) is 11.3 Å². The van der Waals surface area contributed by atoms with Crippen LogP contribution in [-0.4, -0.2) is 18.4 Å². The van der Waals surface area contributed by atoms with Crippen molar-refractivity contribution >= 4 is 17.5 Å². The summed E-state index contributed by atoms with van der Waals surface area (Å²) in [6, 6.07) is 8.60. The van der Waals surface area contributed by atoms with Gasteiger partial charge >= 0.3 is 0 Å². The van der Waals surface area contributed by atoms with E-state index in [4.69, 9.17) is 5.26 Å². The van der Waals surface area contributed by atoms with Crippen LogP contribution in [0.5, 0.6) is 0 Å². The summed E-state index contributed by atoms with van der Waals surface area (Å²) in [4.78, 5) is 23.1. The Kier molecular flexibility index (Phi) is 5.55. The molecule has 0 radical (unpaired) electrons. The van der Waals surface area contributed by atoms with Crippen molar-refractivity contribution in [1.29, 1.82) is 5.26 Å². The van der Waals surface area contributed by atoms with E-state index >= 15 is 0 Å². The van der Waals surface area contributed by atoms with E-state index in [2.05, 4.69) is 10.6 Å². The molecule has 1 rings (SSSR count). The topological polar surface area (TPSA) is 82.0 Å². The second-order valence-corrected chi connectivity index (χ2v) is 4.27. The SMILES string of the molecule is CCC(C)C(=O)NCC(=O)Nc1cccc(C#N)c1. The molecule has 0 bridgehead atoms. The fourth-order valence-electron chi connectivity index (χ4n) is 1.40. The Morgan fingerprint density at radius 2 is 2.16 bits per heavy atom. The smallest absolute Gasteiger partial charge is 0.243 e. The zero-order valence-electron chi connectivity index (χ0n) is 11.1. The van der Waals surface area contributed by atoms with Gasteiger partial charge in [0.2, 0.25) is 11.8 Å². The van der Waals surface area contributed by atoms with Crippen molar-refractivity contribution in [3.63, 3.8) is 0 Å². The molecule has 1 atom stereocenters. The summed E-state index contributed by atoms with van der Waals surface area (Å²) >= 11 is 0. The minimum atomic E-state index is -0.313. The molecular formula is C14H17N3O2. The van der Waals surface area contributed by atoms with E-state index in [9.17, 15) is 9.59 Å². The fourth-order valence-corrected chi connectivity index (χ4v) is 1.40. The average Bonchev–Trinajstić information content (AvgIpc) is 2.44. The van der Waals surface area contributed by atoms with Crippen LogP contribution in [0.1, 0.15) is 25.8 Å². The molecule has 1 unspecified atom stereocenters. The normalized spacial score (nSPS) is 11.2. The third-order valence-electron chi connectivity index (χ3n) is 2.76. The summed E-state index contributed by atoms with van der Waals surface area (Å²) in [5.41, 5.74) is 1.02. The molecule has 0 saturated heterocycles. The second kappa shape index (κ2) is 7.17. The first kappa shape index (κ1) is 14.7. The number of anilines is 1. The summed E-state index contributed by atoms with van der Waals surface area (Å²) in [7, 11) is 0. The number of amides is 2. The highest BCUT2D eigenvalue weighted by atomic mass is 16.2. The standard InChI is InChI=1S/C14H17N3O2/c1-3-10(2)14(19)16-9-13(18)17-12-6-4-5-11(7-12)8-15/h4-7,10H,3,9H2,1-2H3,(H,16,19)(H,17,18). The van der Waals surface area contributed by atoms with Crippen molar-refractivity contribution < 1.29 is 9.59 Å². The molecule has 0 aliphatic rings. The summed E-state index contributed by atoms with van der Waals surface area (Å²) in [6.07, 6.45) is 0.734. The van der Waals surface area contributed by atoms with E-state index in [1.807, 2.05) is 19.9 Å². The molecule has 1 aromatic rings. The molecule has 0 aromatic heterocycles. The lowest BCUT2D eigenvalue weighted by atomic mass is 10.1. The summed E-state index contributed by atoms with van der Waals surface area (Å²) in [5, 5.41) is 13.9. The number of hydrogen-bond acceptors (Lipinski definition) is 3. The molecule has 2 amide bonds. The van der Waals surface area contributed by atoms with Crippen LogP contribution in [0.15, 0.2) is 24.3 Å². The quantitative estimate of drug-likeness (QED) is 0.843. The number of rotatable bonds is 5. The first-order valence-corrected chi connectivity index (χ1v) is 6.14. The number of nitrogens with zero attached hydrogens (tertiary/aromatic N) is 1. The number of nitriles is 1. The molecular weight excluding hydrogens is 242 g/mol. The lowest BCUT2D eigenvalue weighted by Gasteiger charge is -2.10. The predicted octanol–water partition coefficient (Wildman–Crippen LogP) is 1.66. The van der Waals surface area contributed by atoms with Crippen LogP contribution >= 0.6 is 0 Å². The van der Waals surface area contributed by atoms with Gasteiger partial charge in [-0.05, 0) is 24.6 Å². The molecule has 0 fully saturated rings. The third kappa shape index (κ3) is 4.80. The molecule has 1 aromatic carbocycles. The number of carbonyl (C=O) groups excluding carboxylic acids is 2. The maximum absolute atomic E-state index is 11.6. The van der Waals surface area contributed by atoms with Crippen LogP contribution in [0.2, 0.25) is 0 Å². The van der Waals surface area contributed by atoms with Crippen molar-refractivity contribution in [2.24, 2.45) is 5.92 Å². The van der Waals surface area contributed by atoms with Crippen molar-refractivity contribution in [3.05, 3.63) is 29.8 Å². The van der Waals surface area contributed by atoms with Gasteiger partial charge in [0.05, 0.1) is 18.2 Å². The van der Waals surface area contributed by atoms with Crippen LogP contribution in [0, 0.1) is 17.2 Å². The van der Waals surface area contributed by atoms with E-state index < -0.39 is 0 Å². The molecule has 100 valence electrons. The Bertz CT molecular complexity index is 506. The van der Waals surface area contributed by atoms with Gasteiger partial charge in [0.1, 0.15) is 0 Å². The van der Waals surface area contributed by atoms with Crippen molar-refractivity contribution in [2.45, 2.75) is 20.3 Å². The van der Waals surface area contributed by atoms with Gasteiger partial charge in [-0.25, -0.2) is 0 Å². The summed E-state index contributed by atoms with van der Waals surface area (Å²) < 4.78 is 0. The van der Waals surface area contributed by atoms with Gasteiger partial charge in [-0.1, -0.05) is 19.9 Å². The number of nitrogens with one attached hydrogen (secondary N) is 2. The monoisotopic (exact) mass is 259 g/mol. The summed E-state index contributed by atoms with van der Waals surface area (Å²) in [6.45, 7) is 3.65. The second-order valence-electron chi connectivity index (χ2n) is 4.27. The number of carbonyl (C=O) groups is 2. The predicted molar refractivity (Wildman–Crippen MR) is 72.3 cm³/mol. The van der Waals surface area contributed by atoms with Gasteiger partial charge in [0, 0.05) is 11.6 Å². The lowest BCUT2D eigenvalue weighted by molar-refractivity contribution is -0.126. The van der Waals surface area contributed by atoms with Crippen molar-refractivity contribution in [1.82, 2.24) is 5.32 Å². The highest BCUT2D eigenvalue weighted by Gasteiger charge is 2.11. The van der Waals surface area contributed by atoms with E-state index in [-0.39, 0.29) is 24.3 Å². The zero-order valence-corrected chi connectivity index (χ0v) is 11.1. The Labute approximate surface area is 112 Å². The Balaban J connectivity index is 2.47. The van der Waals surface area contributed by atoms with E-state index in [1.165, 1.54) is 0 Å². The maximum Gasteiger partial charge on any atom is 0.243 e. The van der Waals surface area contributed by atoms with Gasteiger partial charge in [-0.3, -0.25) is 9.59 Å². The Hall–Kier alpha value is -2.35. The largest absolute Gasteiger partial charge is 0.347 e. The van der Waals surface area contributed by atoms with Gasteiger partial charge in [0.15, 0.2) is 0 Å². The van der Waals surface area contributed by atoms with Gasteiger partial charge in [0.25, 0.3) is 0 Å². The molecule has 19 heavy (non-hydrogen) atoms. The Morgan fingerprint density at radius 1 is 1.42 bits per heavy atom. The van der Waals surface area contributed by atoms with Gasteiger partial charge in [-0.15, -0.1) is 0 Å². The van der Waals surface area contributed by atoms with E-state index in [0.717, 1.165) is 6.42 Å². The van der Waals surface area contributed by atoms with Crippen molar-refractivity contribution in [2.75, 3.05) is 11.9 Å². The van der Waals surface area contributed by atoms with E-state index in [1.54, 1.807) is 24.3 Å². The van der Waals surface area contributed by atoms with Crippen LogP contribution in [0.25, 0.3) is 0 Å². The maximum atomic E-state index is 11.6. The highest BCUT2D eigenvalue weighted by Crippen LogP contribution is 2.09. The van der Waals surface area contributed by atoms with Gasteiger partial charge in [-0.2, -0.15) is 5.26 Å². The first-order valence-electron chi connectivity index (χ1n) is 6.14. The minimum Gasteiger partial charge on any atom is -0.347 e. The van der Waals surface area contributed by atoms with Crippen LogP contribution < -0.4 is 10.6 Å². The van der Waals surface area contributed by atoms with Crippen LogP contribution in [0.3, 0.4) is 0 Å². The number of benzene rings is 1. The Morgan fingerprint density at radius 3 is 2.79 bits per heavy atom. The summed E-state index contributed by atoms with van der Waals surface area (Å²) in [5.74, 6) is -0.551. The highest BCUT2D eigenvalue weighted by molar-refractivity contribution is 5.94. The third-order valence-corrected chi connectivity index (χ3v) is 2.76. The van der Waals surface area contributed by atoms with Crippen molar-refractivity contribution in [3.8, 4) is 6.07 Å². The van der Waals surface area contributed by atoms with Gasteiger partial charge < -0.3 is 10.6 Å². The number of hydrogen-bond donors (Lipinski definition) is 2. The lowest BCUT2D eigenvalue weighted by Crippen LogP contribution is -2.35. The molecule has 0 aliphatic heterocycles. The molecule has 0 aliphatic carbocycles. The molecule has 0 saturated carbocycles. The first-order chi connectivity index (χ1) is 9.06. The average molecular weight is 259 g/mol. The molecule has 5 nitrogen and oxygen atoms in total. The zero-order chi connectivity index (χ0) is 14.3. The molecule has 5 heteroatoms. The van der Waals surface area contributed by atoms with Crippen LogP contribution in [-0.2, 0) is 9.59 Å². The fraction of sp³-hybridized carbons (Fsp3) is 0.357.